The van der Waals surface area contributed by atoms with Crippen LogP contribution in [0.2, 0.25) is 0 Å². The fourth-order valence-electron chi connectivity index (χ4n) is 3.38. The number of sulfonamides is 1. The van der Waals surface area contributed by atoms with Crippen molar-refractivity contribution >= 4 is 15.7 Å². The van der Waals surface area contributed by atoms with Crippen molar-refractivity contribution in [1.29, 1.82) is 0 Å². The van der Waals surface area contributed by atoms with Gasteiger partial charge in [0.25, 0.3) is 5.69 Å². The molecule has 0 bridgehead atoms. The van der Waals surface area contributed by atoms with Crippen LogP contribution in [0.1, 0.15) is 19.4 Å². The largest absolute Gasteiger partial charge is 0.269 e. The van der Waals surface area contributed by atoms with Gasteiger partial charge < -0.3 is 0 Å². The van der Waals surface area contributed by atoms with Gasteiger partial charge in [-0.2, -0.15) is 0 Å². The Morgan fingerprint density at radius 1 is 1.33 bits per heavy atom. The number of piperidine rings is 1. The van der Waals surface area contributed by atoms with E-state index in [-0.39, 0.29) is 16.9 Å². The van der Waals surface area contributed by atoms with Gasteiger partial charge >= 0.3 is 0 Å². The zero-order valence-corrected chi connectivity index (χ0v) is 12.8. The van der Waals surface area contributed by atoms with Crippen LogP contribution in [0.25, 0.3) is 0 Å². The highest BCUT2D eigenvalue weighted by molar-refractivity contribution is 7.88. The molecule has 114 valence electrons. The Hall–Kier alpha value is -1.47. The van der Waals surface area contributed by atoms with Gasteiger partial charge in [-0.25, -0.2) is 12.7 Å². The highest BCUT2D eigenvalue weighted by atomic mass is 32.2. The number of benzene rings is 1. The molecule has 2 atom stereocenters. The highest BCUT2D eigenvalue weighted by Crippen LogP contribution is 2.62. The van der Waals surface area contributed by atoms with E-state index < -0.39 is 14.9 Å². The third-order valence-electron chi connectivity index (χ3n) is 4.95. The molecular weight excluding hydrogens is 292 g/mol. The van der Waals surface area contributed by atoms with Gasteiger partial charge in [0.05, 0.1) is 10.7 Å². The lowest BCUT2D eigenvalue weighted by molar-refractivity contribution is -0.384. The summed E-state index contributed by atoms with van der Waals surface area (Å²) in [5.41, 5.74) is 0.648. The topological polar surface area (TPSA) is 80.5 Å². The van der Waals surface area contributed by atoms with Crippen LogP contribution in [0.3, 0.4) is 0 Å². The van der Waals surface area contributed by atoms with Crippen LogP contribution in [0.4, 0.5) is 5.69 Å². The maximum absolute atomic E-state index is 12.4. The number of nitro benzene ring substituents is 1. The van der Waals surface area contributed by atoms with Gasteiger partial charge in [-0.05, 0) is 22.8 Å². The van der Waals surface area contributed by atoms with E-state index in [0.29, 0.717) is 30.5 Å². The molecule has 1 aliphatic heterocycles. The summed E-state index contributed by atoms with van der Waals surface area (Å²) in [4.78, 5) is 10.2. The van der Waals surface area contributed by atoms with Crippen LogP contribution in [0.5, 0.6) is 0 Å². The van der Waals surface area contributed by atoms with Crippen LogP contribution >= 0.6 is 0 Å². The minimum atomic E-state index is -3.40. The number of rotatable bonds is 4. The Morgan fingerprint density at radius 2 is 1.95 bits per heavy atom. The first kappa shape index (κ1) is 14.5. The third kappa shape index (κ3) is 2.44. The van der Waals surface area contributed by atoms with Gasteiger partial charge in [0.15, 0.2) is 0 Å². The maximum atomic E-state index is 12.4. The first-order chi connectivity index (χ1) is 9.72. The molecule has 0 amide bonds. The SMILES string of the molecule is CC1(C)[C@H]2CN(S(=O)(=O)Cc3cccc([N+](=O)[O-])c3)C[C@@H]21. The molecule has 2 aliphatic rings. The van der Waals surface area contributed by atoms with Gasteiger partial charge in [0.2, 0.25) is 10.0 Å². The molecule has 1 heterocycles. The molecule has 0 radical (unpaired) electrons. The molecule has 1 aromatic carbocycles. The molecule has 0 N–H and O–H groups in total. The zero-order valence-electron chi connectivity index (χ0n) is 12.0. The van der Waals surface area contributed by atoms with E-state index in [0.717, 1.165) is 0 Å². The van der Waals surface area contributed by atoms with Gasteiger partial charge in [-0.1, -0.05) is 26.0 Å². The van der Waals surface area contributed by atoms with E-state index in [1.54, 1.807) is 6.07 Å². The van der Waals surface area contributed by atoms with E-state index in [9.17, 15) is 18.5 Å². The van der Waals surface area contributed by atoms with Crippen LogP contribution in [0.15, 0.2) is 24.3 Å². The summed E-state index contributed by atoms with van der Waals surface area (Å²) in [6, 6.07) is 5.83. The fraction of sp³-hybridized carbons (Fsp3) is 0.571. The van der Waals surface area contributed by atoms with Crippen molar-refractivity contribution in [2.45, 2.75) is 19.6 Å². The van der Waals surface area contributed by atoms with Gasteiger partial charge in [-0.3, -0.25) is 10.1 Å². The first-order valence-electron chi connectivity index (χ1n) is 6.93. The van der Waals surface area contributed by atoms with Crippen LogP contribution < -0.4 is 0 Å². The second kappa shape index (κ2) is 4.51. The molecular formula is C14H18N2O4S. The quantitative estimate of drug-likeness (QED) is 0.629. The highest BCUT2D eigenvalue weighted by Gasteiger charge is 2.63. The Kier molecular flexibility index (Phi) is 3.11. The molecule has 3 rings (SSSR count). The van der Waals surface area contributed by atoms with Crippen molar-refractivity contribution in [3.05, 3.63) is 39.9 Å². The standard InChI is InChI=1S/C14H18N2O4S/c1-14(2)12-7-15(8-13(12)14)21(19,20)9-10-4-3-5-11(6-10)16(17)18/h3-6,12-13H,7-9H2,1-2H3/t12-,13-/m0/s1. The van der Waals surface area contributed by atoms with E-state index >= 15 is 0 Å². The summed E-state index contributed by atoms with van der Waals surface area (Å²) in [5.74, 6) is 0.740. The van der Waals surface area contributed by atoms with Crippen molar-refractivity contribution in [3.8, 4) is 0 Å². The van der Waals surface area contributed by atoms with Crippen molar-refractivity contribution in [1.82, 2.24) is 4.31 Å². The normalized spacial score (nSPS) is 27.3. The summed E-state index contributed by atoms with van der Waals surface area (Å²) >= 11 is 0. The molecule has 7 heteroatoms. The van der Waals surface area contributed by atoms with E-state index in [4.69, 9.17) is 0 Å². The number of hydrogen-bond donors (Lipinski definition) is 0. The minimum Gasteiger partial charge on any atom is -0.258 e. The fourth-order valence-corrected chi connectivity index (χ4v) is 4.94. The average Bonchev–Trinajstić information content (AvgIpc) is 2.80. The third-order valence-corrected chi connectivity index (χ3v) is 6.74. The number of non-ortho nitro benzene ring substituents is 1. The van der Waals surface area contributed by atoms with Crippen LogP contribution in [-0.2, 0) is 15.8 Å². The van der Waals surface area contributed by atoms with Crippen LogP contribution in [-0.4, -0.2) is 30.7 Å². The monoisotopic (exact) mass is 310 g/mol. The predicted molar refractivity (Wildman–Crippen MR) is 78.1 cm³/mol. The smallest absolute Gasteiger partial charge is 0.258 e. The summed E-state index contributed by atoms with van der Waals surface area (Å²) in [7, 11) is -3.40. The number of nitrogens with zero attached hydrogens (tertiary/aromatic N) is 2. The van der Waals surface area contributed by atoms with Crippen molar-refractivity contribution < 1.29 is 13.3 Å². The molecule has 21 heavy (non-hydrogen) atoms. The van der Waals surface area contributed by atoms with Crippen molar-refractivity contribution in [2.75, 3.05) is 13.1 Å². The number of nitro groups is 1. The molecule has 1 saturated carbocycles. The molecule has 0 aromatic heterocycles. The van der Waals surface area contributed by atoms with Crippen molar-refractivity contribution in [3.63, 3.8) is 0 Å². The minimum absolute atomic E-state index is 0.0758. The van der Waals surface area contributed by atoms with Gasteiger partial charge in [-0.15, -0.1) is 0 Å². The van der Waals surface area contributed by atoms with Gasteiger partial charge in [0.1, 0.15) is 0 Å². The lowest BCUT2D eigenvalue weighted by Gasteiger charge is -2.21. The molecule has 1 aromatic rings. The molecule has 1 aliphatic carbocycles. The molecule has 2 fully saturated rings. The summed E-state index contributed by atoms with van der Waals surface area (Å²) in [6.45, 7) is 5.50. The first-order valence-corrected chi connectivity index (χ1v) is 8.54. The second-order valence-corrected chi connectivity index (χ2v) is 8.50. The van der Waals surface area contributed by atoms with Crippen molar-refractivity contribution in [2.24, 2.45) is 17.3 Å². The molecule has 1 saturated heterocycles. The molecule has 6 nitrogen and oxygen atoms in total. The number of hydrogen-bond acceptors (Lipinski definition) is 4. The Balaban J connectivity index is 1.73. The Labute approximate surface area is 124 Å². The lowest BCUT2D eigenvalue weighted by Crippen LogP contribution is -2.33. The van der Waals surface area contributed by atoms with Crippen LogP contribution in [0, 0.1) is 27.4 Å². The predicted octanol–water partition coefficient (Wildman–Crippen LogP) is 2.01. The number of fused-ring (bicyclic) bond motifs is 1. The zero-order chi connectivity index (χ0) is 15.4. The Morgan fingerprint density at radius 3 is 2.52 bits per heavy atom. The molecule has 0 spiro atoms. The average molecular weight is 310 g/mol. The second-order valence-electron chi connectivity index (χ2n) is 6.53. The summed E-state index contributed by atoms with van der Waals surface area (Å²) in [6.07, 6.45) is 0. The van der Waals surface area contributed by atoms with Gasteiger partial charge in [0, 0.05) is 25.2 Å². The van der Waals surface area contributed by atoms with E-state index in [2.05, 4.69) is 13.8 Å². The molecule has 0 unspecified atom stereocenters. The van der Waals surface area contributed by atoms with E-state index in [1.807, 2.05) is 0 Å². The summed E-state index contributed by atoms with van der Waals surface area (Å²) in [5, 5.41) is 10.7. The summed E-state index contributed by atoms with van der Waals surface area (Å²) < 4.78 is 26.4. The lowest BCUT2D eigenvalue weighted by atomic mass is 10.1. The van der Waals surface area contributed by atoms with E-state index in [1.165, 1.54) is 22.5 Å². The maximum Gasteiger partial charge on any atom is 0.269 e. The Bertz CT molecular complexity index is 685.